The zero-order chi connectivity index (χ0) is 21.2. The molecule has 0 unspecified atom stereocenters. The molecule has 0 fully saturated rings. The molecule has 2 rings (SSSR count). The van der Waals surface area contributed by atoms with Gasteiger partial charge in [0, 0.05) is 30.2 Å². The second-order valence-electron chi connectivity index (χ2n) is 6.50. The van der Waals surface area contributed by atoms with Gasteiger partial charge in [0.1, 0.15) is 18.1 Å². The Balaban J connectivity index is 1.92. The largest absolute Gasteiger partial charge is 0.497 e. The number of nitrogens with zero attached hydrogens (tertiary/aromatic N) is 2. The predicted molar refractivity (Wildman–Crippen MR) is 114 cm³/mol. The minimum Gasteiger partial charge on any atom is -0.497 e. The van der Waals surface area contributed by atoms with Crippen LogP contribution in [-0.4, -0.2) is 57.1 Å². The van der Waals surface area contributed by atoms with E-state index in [1.165, 1.54) is 0 Å². The molecule has 0 atom stereocenters. The number of likely N-dealkylation sites (N-methyl/N-ethyl adjacent to an activating group) is 1. The van der Waals surface area contributed by atoms with E-state index in [9.17, 15) is 9.59 Å². The van der Waals surface area contributed by atoms with Crippen LogP contribution in [0.25, 0.3) is 0 Å². The van der Waals surface area contributed by atoms with Gasteiger partial charge in [0.15, 0.2) is 0 Å². The van der Waals surface area contributed by atoms with Crippen LogP contribution in [0.15, 0.2) is 48.5 Å². The summed E-state index contributed by atoms with van der Waals surface area (Å²) in [5.74, 6) is 0.814. The number of primary amides is 1. The molecular formula is C21H26ClN3O4. The molecule has 2 aromatic carbocycles. The lowest BCUT2D eigenvalue weighted by atomic mass is 10.2. The second-order valence-corrected chi connectivity index (χ2v) is 6.94. The average molecular weight is 420 g/mol. The highest BCUT2D eigenvalue weighted by Gasteiger charge is 2.18. The molecule has 0 radical (unpaired) electrons. The summed E-state index contributed by atoms with van der Waals surface area (Å²) >= 11 is 5.85. The van der Waals surface area contributed by atoms with Gasteiger partial charge in [-0.15, -0.1) is 0 Å². The molecule has 8 heteroatoms. The van der Waals surface area contributed by atoms with Crippen molar-refractivity contribution < 1.29 is 19.1 Å². The van der Waals surface area contributed by atoms with E-state index >= 15 is 0 Å². The number of carbonyl (C=O) groups excluding carboxylic acids is 2. The Kier molecular flexibility index (Phi) is 8.76. The third kappa shape index (κ3) is 7.63. The van der Waals surface area contributed by atoms with Crippen molar-refractivity contribution >= 4 is 29.1 Å². The fourth-order valence-corrected chi connectivity index (χ4v) is 2.75. The molecule has 156 valence electrons. The van der Waals surface area contributed by atoms with Gasteiger partial charge in [-0.25, -0.2) is 0 Å². The molecule has 0 bridgehead atoms. The van der Waals surface area contributed by atoms with Gasteiger partial charge in [-0.1, -0.05) is 11.6 Å². The van der Waals surface area contributed by atoms with E-state index in [4.69, 9.17) is 26.8 Å². The summed E-state index contributed by atoms with van der Waals surface area (Å²) in [6.45, 7) is 1.38. The van der Waals surface area contributed by atoms with Crippen LogP contribution in [0, 0.1) is 0 Å². The Hall–Kier alpha value is -2.77. The monoisotopic (exact) mass is 419 g/mol. The van der Waals surface area contributed by atoms with Crippen LogP contribution >= 0.6 is 11.6 Å². The molecule has 0 aliphatic rings. The van der Waals surface area contributed by atoms with Crippen LogP contribution in [-0.2, 0) is 9.59 Å². The fraction of sp³-hybridized carbons (Fsp3) is 0.333. The number of rotatable bonds is 11. The lowest BCUT2D eigenvalue weighted by Crippen LogP contribution is -2.41. The summed E-state index contributed by atoms with van der Waals surface area (Å²) in [5, 5.41) is 0.648. The number of anilines is 1. The van der Waals surface area contributed by atoms with Gasteiger partial charge >= 0.3 is 0 Å². The standard InChI is InChI=1S/C21H26ClN3O4/c1-24(13-14-29-19-7-3-16(22)4-8-19)15-21(27)25(12-11-20(23)26)17-5-9-18(28-2)10-6-17/h3-10H,11-15H2,1-2H3,(H2,23,26). The van der Waals surface area contributed by atoms with Gasteiger partial charge in [0.2, 0.25) is 11.8 Å². The van der Waals surface area contributed by atoms with Gasteiger partial charge in [0.25, 0.3) is 0 Å². The highest BCUT2D eigenvalue weighted by atomic mass is 35.5. The molecule has 7 nitrogen and oxygen atoms in total. The first-order valence-electron chi connectivity index (χ1n) is 9.18. The van der Waals surface area contributed by atoms with Crippen molar-refractivity contribution in [1.29, 1.82) is 0 Å². The van der Waals surface area contributed by atoms with Gasteiger partial charge in [-0.05, 0) is 55.6 Å². The van der Waals surface area contributed by atoms with E-state index in [1.807, 2.05) is 11.9 Å². The van der Waals surface area contributed by atoms with Crippen molar-refractivity contribution in [2.75, 3.05) is 45.3 Å². The minimum atomic E-state index is -0.457. The van der Waals surface area contributed by atoms with Crippen molar-refractivity contribution in [1.82, 2.24) is 4.90 Å². The van der Waals surface area contributed by atoms with Crippen LogP contribution < -0.4 is 20.1 Å². The summed E-state index contributed by atoms with van der Waals surface area (Å²) in [6.07, 6.45) is 0.0845. The Morgan fingerprint density at radius 1 is 1.00 bits per heavy atom. The fourth-order valence-electron chi connectivity index (χ4n) is 2.63. The van der Waals surface area contributed by atoms with E-state index in [0.29, 0.717) is 29.6 Å². The molecule has 0 spiro atoms. The van der Waals surface area contributed by atoms with Crippen molar-refractivity contribution in [3.05, 3.63) is 53.6 Å². The van der Waals surface area contributed by atoms with Crippen molar-refractivity contribution in [2.24, 2.45) is 5.73 Å². The Morgan fingerprint density at radius 3 is 2.21 bits per heavy atom. The van der Waals surface area contributed by atoms with Crippen molar-refractivity contribution in [2.45, 2.75) is 6.42 Å². The van der Waals surface area contributed by atoms with Gasteiger partial charge < -0.3 is 20.1 Å². The quantitative estimate of drug-likeness (QED) is 0.605. The Labute approximate surface area is 175 Å². The zero-order valence-electron chi connectivity index (χ0n) is 16.6. The molecular weight excluding hydrogens is 394 g/mol. The van der Waals surface area contributed by atoms with E-state index in [1.54, 1.807) is 60.5 Å². The van der Waals surface area contributed by atoms with Crippen molar-refractivity contribution in [3.8, 4) is 11.5 Å². The predicted octanol–water partition coefficient (Wildman–Crippen LogP) is 2.57. The van der Waals surface area contributed by atoms with E-state index in [2.05, 4.69) is 0 Å². The van der Waals surface area contributed by atoms with Crippen LogP contribution in [0.5, 0.6) is 11.5 Å². The Morgan fingerprint density at radius 2 is 1.62 bits per heavy atom. The molecule has 2 amide bonds. The lowest BCUT2D eigenvalue weighted by Gasteiger charge is -2.25. The van der Waals surface area contributed by atoms with Gasteiger partial charge in [-0.2, -0.15) is 0 Å². The average Bonchev–Trinajstić information content (AvgIpc) is 2.70. The minimum absolute atomic E-state index is 0.0845. The maximum absolute atomic E-state index is 12.8. The van der Waals surface area contributed by atoms with E-state index in [0.717, 1.165) is 5.75 Å². The van der Waals surface area contributed by atoms with Gasteiger partial charge in [0.05, 0.1) is 13.7 Å². The van der Waals surface area contributed by atoms with Crippen LogP contribution in [0.4, 0.5) is 5.69 Å². The topological polar surface area (TPSA) is 85.1 Å². The molecule has 0 saturated heterocycles. The first kappa shape index (κ1) is 22.5. The highest BCUT2D eigenvalue weighted by molar-refractivity contribution is 6.30. The summed E-state index contributed by atoms with van der Waals surface area (Å²) < 4.78 is 10.8. The molecule has 29 heavy (non-hydrogen) atoms. The summed E-state index contributed by atoms with van der Waals surface area (Å²) in [4.78, 5) is 27.5. The van der Waals surface area contributed by atoms with E-state index < -0.39 is 5.91 Å². The number of benzene rings is 2. The first-order valence-corrected chi connectivity index (χ1v) is 9.56. The number of carbonyl (C=O) groups is 2. The van der Waals surface area contributed by atoms with Gasteiger partial charge in [-0.3, -0.25) is 14.5 Å². The summed E-state index contributed by atoms with van der Waals surface area (Å²) in [5.41, 5.74) is 5.95. The molecule has 0 heterocycles. The molecule has 2 N–H and O–H groups in total. The molecule has 0 saturated carbocycles. The molecule has 0 aromatic heterocycles. The maximum Gasteiger partial charge on any atom is 0.241 e. The number of ether oxygens (including phenoxy) is 2. The number of halogens is 1. The summed E-state index contributed by atoms with van der Waals surface area (Å²) in [7, 11) is 3.41. The highest BCUT2D eigenvalue weighted by Crippen LogP contribution is 2.20. The van der Waals surface area contributed by atoms with Crippen LogP contribution in [0.3, 0.4) is 0 Å². The van der Waals surface area contributed by atoms with Crippen molar-refractivity contribution in [3.63, 3.8) is 0 Å². The maximum atomic E-state index is 12.8. The number of amides is 2. The second kappa shape index (κ2) is 11.3. The number of hydrogen-bond acceptors (Lipinski definition) is 5. The van der Waals surface area contributed by atoms with E-state index in [-0.39, 0.29) is 25.4 Å². The molecule has 0 aliphatic carbocycles. The smallest absolute Gasteiger partial charge is 0.241 e. The first-order chi connectivity index (χ1) is 13.9. The zero-order valence-corrected chi connectivity index (χ0v) is 17.4. The summed E-state index contributed by atoms with van der Waals surface area (Å²) in [6, 6.07) is 14.2. The SMILES string of the molecule is COc1ccc(N(CCC(N)=O)C(=O)CN(C)CCOc2ccc(Cl)cc2)cc1. The molecule has 2 aromatic rings. The Bertz CT molecular complexity index is 797. The molecule has 0 aliphatic heterocycles. The number of hydrogen-bond donors (Lipinski definition) is 1. The number of nitrogens with two attached hydrogens (primary N) is 1. The number of methoxy groups -OCH3 is 1. The van der Waals surface area contributed by atoms with Crippen LogP contribution in [0.2, 0.25) is 5.02 Å². The normalized spacial score (nSPS) is 10.6. The lowest BCUT2D eigenvalue weighted by molar-refractivity contribution is -0.119. The third-order valence-corrected chi connectivity index (χ3v) is 4.48. The third-order valence-electron chi connectivity index (χ3n) is 4.23. The van der Waals surface area contributed by atoms with Crippen LogP contribution in [0.1, 0.15) is 6.42 Å².